The molecule has 1 aliphatic heterocycles. The standard InChI is InChI=1S/C17H27NO/c1-17(2,3)15-8-6-11-18(12-10-15)16-9-5-4-7-14(16)13-19/h4-5,7,9,15,19H,6,8,10-13H2,1-3H3. The van der Waals surface area contributed by atoms with Gasteiger partial charge < -0.3 is 10.0 Å². The van der Waals surface area contributed by atoms with Crippen LogP contribution in [0.1, 0.15) is 45.6 Å². The van der Waals surface area contributed by atoms with Crippen LogP contribution in [0.3, 0.4) is 0 Å². The first kappa shape index (κ1) is 14.4. The second-order valence-electron chi connectivity index (χ2n) is 6.77. The van der Waals surface area contributed by atoms with Crippen LogP contribution in [0.15, 0.2) is 24.3 Å². The van der Waals surface area contributed by atoms with Crippen molar-refractivity contribution in [1.82, 2.24) is 0 Å². The minimum atomic E-state index is 0.134. The van der Waals surface area contributed by atoms with Crippen molar-refractivity contribution in [2.24, 2.45) is 11.3 Å². The molecule has 1 aromatic rings. The molecular weight excluding hydrogens is 234 g/mol. The number of hydrogen-bond donors (Lipinski definition) is 1. The molecule has 0 bridgehead atoms. The summed E-state index contributed by atoms with van der Waals surface area (Å²) in [6.07, 6.45) is 3.83. The van der Waals surface area contributed by atoms with Crippen LogP contribution in [-0.2, 0) is 6.61 Å². The van der Waals surface area contributed by atoms with Gasteiger partial charge in [0.15, 0.2) is 0 Å². The van der Waals surface area contributed by atoms with Gasteiger partial charge >= 0.3 is 0 Å². The van der Waals surface area contributed by atoms with Crippen LogP contribution in [-0.4, -0.2) is 18.2 Å². The molecule has 0 spiro atoms. The van der Waals surface area contributed by atoms with Crippen molar-refractivity contribution < 1.29 is 5.11 Å². The molecule has 2 nitrogen and oxygen atoms in total. The van der Waals surface area contributed by atoms with Gasteiger partial charge in [-0.1, -0.05) is 39.0 Å². The molecule has 0 saturated carbocycles. The predicted octanol–water partition coefficient (Wildman–Crippen LogP) is 3.83. The summed E-state index contributed by atoms with van der Waals surface area (Å²) >= 11 is 0. The second-order valence-corrected chi connectivity index (χ2v) is 6.77. The van der Waals surface area contributed by atoms with Crippen molar-refractivity contribution >= 4 is 5.69 Å². The Morgan fingerprint density at radius 3 is 2.58 bits per heavy atom. The van der Waals surface area contributed by atoms with Gasteiger partial charge in [-0.15, -0.1) is 0 Å². The van der Waals surface area contributed by atoms with E-state index >= 15 is 0 Å². The number of nitrogens with zero attached hydrogens (tertiary/aromatic N) is 1. The summed E-state index contributed by atoms with van der Waals surface area (Å²) in [5.74, 6) is 0.804. The molecule has 1 heterocycles. The zero-order chi connectivity index (χ0) is 13.9. The molecule has 106 valence electrons. The summed E-state index contributed by atoms with van der Waals surface area (Å²) in [6, 6.07) is 8.25. The lowest BCUT2D eigenvalue weighted by Gasteiger charge is -2.30. The molecule has 0 amide bonds. The number of rotatable bonds is 2. The van der Waals surface area contributed by atoms with E-state index in [1.165, 1.54) is 24.9 Å². The van der Waals surface area contributed by atoms with Gasteiger partial charge in [0, 0.05) is 24.3 Å². The van der Waals surface area contributed by atoms with Gasteiger partial charge in [-0.2, -0.15) is 0 Å². The molecule has 1 unspecified atom stereocenters. The summed E-state index contributed by atoms with van der Waals surface area (Å²) in [4.78, 5) is 2.46. The minimum absolute atomic E-state index is 0.134. The molecule has 1 fully saturated rings. The Labute approximate surface area is 117 Å². The molecular formula is C17H27NO. The molecule has 0 aliphatic carbocycles. The highest BCUT2D eigenvalue weighted by molar-refractivity contribution is 5.53. The Kier molecular flexibility index (Phi) is 4.51. The maximum absolute atomic E-state index is 9.47. The van der Waals surface area contributed by atoms with Crippen molar-refractivity contribution in [3.8, 4) is 0 Å². The molecule has 1 aromatic carbocycles. The maximum atomic E-state index is 9.47. The van der Waals surface area contributed by atoms with E-state index < -0.39 is 0 Å². The first-order valence-electron chi connectivity index (χ1n) is 7.46. The number of para-hydroxylation sites is 1. The van der Waals surface area contributed by atoms with E-state index in [1.807, 2.05) is 12.1 Å². The zero-order valence-corrected chi connectivity index (χ0v) is 12.5. The summed E-state index contributed by atoms with van der Waals surface area (Å²) in [5, 5.41) is 9.47. The summed E-state index contributed by atoms with van der Waals surface area (Å²) < 4.78 is 0. The summed E-state index contributed by atoms with van der Waals surface area (Å²) in [5.41, 5.74) is 2.68. The van der Waals surface area contributed by atoms with E-state index in [-0.39, 0.29) is 6.61 Å². The number of anilines is 1. The highest BCUT2D eigenvalue weighted by Gasteiger charge is 2.27. The third-order valence-corrected chi connectivity index (χ3v) is 4.46. The van der Waals surface area contributed by atoms with Gasteiger partial charge in [0.05, 0.1) is 6.61 Å². The van der Waals surface area contributed by atoms with E-state index in [2.05, 4.69) is 37.8 Å². The van der Waals surface area contributed by atoms with Gasteiger partial charge in [0.25, 0.3) is 0 Å². The Morgan fingerprint density at radius 2 is 1.89 bits per heavy atom. The van der Waals surface area contributed by atoms with Crippen molar-refractivity contribution in [3.63, 3.8) is 0 Å². The predicted molar refractivity (Wildman–Crippen MR) is 81.4 cm³/mol. The number of aliphatic hydroxyl groups excluding tert-OH is 1. The Bertz CT molecular complexity index is 408. The van der Waals surface area contributed by atoms with Crippen LogP contribution in [0.5, 0.6) is 0 Å². The fraction of sp³-hybridized carbons (Fsp3) is 0.647. The molecule has 1 aliphatic rings. The van der Waals surface area contributed by atoms with Crippen LogP contribution >= 0.6 is 0 Å². The summed E-state index contributed by atoms with van der Waals surface area (Å²) in [7, 11) is 0. The first-order chi connectivity index (χ1) is 9.02. The summed E-state index contributed by atoms with van der Waals surface area (Å²) in [6.45, 7) is 9.43. The third-order valence-electron chi connectivity index (χ3n) is 4.46. The van der Waals surface area contributed by atoms with E-state index in [0.717, 1.165) is 24.6 Å². The lowest BCUT2D eigenvalue weighted by atomic mass is 9.77. The molecule has 2 rings (SSSR count). The van der Waals surface area contributed by atoms with Gasteiger partial charge in [-0.3, -0.25) is 0 Å². The van der Waals surface area contributed by atoms with Crippen LogP contribution in [0.4, 0.5) is 5.69 Å². The van der Waals surface area contributed by atoms with Crippen LogP contribution < -0.4 is 4.90 Å². The number of hydrogen-bond acceptors (Lipinski definition) is 2. The van der Waals surface area contributed by atoms with E-state index in [1.54, 1.807) is 0 Å². The maximum Gasteiger partial charge on any atom is 0.0702 e. The molecule has 2 heteroatoms. The van der Waals surface area contributed by atoms with Crippen LogP contribution in [0.25, 0.3) is 0 Å². The minimum Gasteiger partial charge on any atom is -0.392 e. The fourth-order valence-electron chi connectivity index (χ4n) is 3.16. The Balaban J connectivity index is 2.11. The average molecular weight is 261 g/mol. The molecule has 1 N–H and O–H groups in total. The lowest BCUT2D eigenvalue weighted by Crippen LogP contribution is -2.26. The average Bonchev–Trinajstić information content (AvgIpc) is 2.64. The lowest BCUT2D eigenvalue weighted by molar-refractivity contribution is 0.220. The molecule has 0 aromatic heterocycles. The van der Waals surface area contributed by atoms with E-state index in [4.69, 9.17) is 0 Å². The normalized spacial score (nSPS) is 21.3. The quantitative estimate of drug-likeness (QED) is 0.874. The van der Waals surface area contributed by atoms with Crippen molar-refractivity contribution in [3.05, 3.63) is 29.8 Å². The highest BCUT2D eigenvalue weighted by Crippen LogP contribution is 2.35. The SMILES string of the molecule is CC(C)(C)C1CCCN(c2ccccc2CO)CC1. The van der Waals surface area contributed by atoms with Crippen molar-refractivity contribution in [2.45, 2.75) is 46.6 Å². The van der Waals surface area contributed by atoms with Gasteiger partial charge in [0.1, 0.15) is 0 Å². The molecule has 1 saturated heterocycles. The van der Waals surface area contributed by atoms with Crippen LogP contribution in [0.2, 0.25) is 0 Å². The molecule has 19 heavy (non-hydrogen) atoms. The third kappa shape index (κ3) is 3.50. The van der Waals surface area contributed by atoms with Crippen molar-refractivity contribution in [2.75, 3.05) is 18.0 Å². The molecule has 0 radical (unpaired) electrons. The highest BCUT2D eigenvalue weighted by atomic mass is 16.3. The van der Waals surface area contributed by atoms with E-state index in [0.29, 0.717) is 5.41 Å². The van der Waals surface area contributed by atoms with Gasteiger partial charge in [0.2, 0.25) is 0 Å². The van der Waals surface area contributed by atoms with Gasteiger partial charge in [-0.05, 0) is 36.7 Å². The molecule has 1 atom stereocenters. The smallest absolute Gasteiger partial charge is 0.0702 e. The van der Waals surface area contributed by atoms with Crippen molar-refractivity contribution in [1.29, 1.82) is 0 Å². The van der Waals surface area contributed by atoms with Gasteiger partial charge in [-0.25, -0.2) is 0 Å². The second kappa shape index (κ2) is 5.96. The first-order valence-corrected chi connectivity index (χ1v) is 7.46. The number of aliphatic hydroxyl groups is 1. The Hall–Kier alpha value is -1.02. The van der Waals surface area contributed by atoms with Crippen LogP contribution in [0, 0.1) is 11.3 Å². The topological polar surface area (TPSA) is 23.5 Å². The Morgan fingerprint density at radius 1 is 1.16 bits per heavy atom. The zero-order valence-electron chi connectivity index (χ0n) is 12.5. The monoisotopic (exact) mass is 261 g/mol. The van der Waals surface area contributed by atoms with E-state index in [9.17, 15) is 5.11 Å². The fourth-order valence-corrected chi connectivity index (χ4v) is 3.16. The number of benzene rings is 1. The largest absolute Gasteiger partial charge is 0.392 e.